The second kappa shape index (κ2) is 6.29. The summed E-state index contributed by atoms with van der Waals surface area (Å²) in [4.78, 5) is 4.60. The van der Waals surface area contributed by atoms with Gasteiger partial charge in [0.25, 0.3) is 0 Å². The van der Waals surface area contributed by atoms with Crippen LogP contribution >= 0.6 is 23.6 Å². The molecule has 1 aliphatic rings. The van der Waals surface area contributed by atoms with Gasteiger partial charge < -0.3 is 0 Å². The van der Waals surface area contributed by atoms with Gasteiger partial charge in [0.2, 0.25) is 10.0 Å². The Bertz CT molecular complexity index is 991. The van der Waals surface area contributed by atoms with E-state index in [1.165, 1.54) is 6.07 Å². The number of allylic oxidation sites excluding steroid dienone is 4. The molecule has 4 nitrogen and oxygen atoms in total. The molecule has 1 unspecified atom stereocenters. The molecule has 1 heterocycles. The number of sulfonamides is 1. The number of aromatic nitrogens is 1. The Labute approximate surface area is 148 Å². The summed E-state index contributed by atoms with van der Waals surface area (Å²) in [6.07, 6.45) is 5.53. The molecule has 1 atom stereocenters. The predicted octanol–water partition coefficient (Wildman–Crippen LogP) is 3.34. The molecule has 0 radical (unpaired) electrons. The van der Waals surface area contributed by atoms with Crippen LogP contribution in [0.4, 0.5) is 4.39 Å². The van der Waals surface area contributed by atoms with Crippen molar-refractivity contribution < 1.29 is 12.8 Å². The molecule has 0 saturated heterocycles. The molecule has 124 valence electrons. The lowest BCUT2D eigenvalue weighted by molar-refractivity contribution is 0.568. The Morgan fingerprint density at radius 2 is 2.12 bits per heavy atom. The highest BCUT2D eigenvalue weighted by Gasteiger charge is 2.21. The molecule has 0 saturated carbocycles. The molecule has 0 amide bonds. The highest BCUT2D eigenvalue weighted by molar-refractivity contribution is 7.89. The molecule has 0 fully saturated rings. The van der Waals surface area contributed by atoms with Crippen LogP contribution in [0.1, 0.15) is 22.2 Å². The van der Waals surface area contributed by atoms with E-state index < -0.39 is 20.7 Å². The van der Waals surface area contributed by atoms with Crippen molar-refractivity contribution in [3.8, 4) is 0 Å². The van der Waals surface area contributed by atoms with Crippen molar-refractivity contribution in [3.05, 3.63) is 63.9 Å². The summed E-state index contributed by atoms with van der Waals surface area (Å²) in [6, 6.07) is 3.82. The zero-order chi connectivity index (χ0) is 17.5. The number of primary sulfonamides is 1. The first-order valence-corrected chi connectivity index (χ1v) is 9.77. The topological polar surface area (TPSA) is 73.1 Å². The van der Waals surface area contributed by atoms with Crippen LogP contribution in [0.25, 0.3) is 5.57 Å². The van der Waals surface area contributed by atoms with Gasteiger partial charge in [0.05, 0.1) is 5.92 Å². The van der Waals surface area contributed by atoms with Gasteiger partial charge in [-0.05, 0) is 36.3 Å². The van der Waals surface area contributed by atoms with Gasteiger partial charge in [-0.15, -0.1) is 11.3 Å². The number of aryl methyl sites for hydroxylation is 1. The monoisotopic (exact) mass is 380 g/mol. The minimum Gasteiger partial charge on any atom is -0.246 e. The molecule has 1 aromatic heterocycles. The summed E-state index contributed by atoms with van der Waals surface area (Å²) in [5, 5.41) is 7.85. The Morgan fingerprint density at radius 3 is 2.67 bits per heavy atom. The lowest BCUT2D eigenvalue weighted by Gasteiger charge is -2.16. The van der Waals surface area contributed by atoms with Crippen molar-refractivity contribution in [2.24, 2.45) is 5.14 Å². The highest BCUT2D eigenvalue weighted by Crippen LogP contribution is 2.31. The number of nitrogens with two attached hydrogens (primary N) is 1. The second-order valence-electron chi connectivity index (χ2n) is 5.36. The summed E-state index contributed by atoms with van der Waals surface area (Å²) in [7, 11) is -4.08. The number of hydrogen-bond acceptors (Lipinski definition) is 5. The average Bonchev–Trinajstić information content (AvgIpc) is 2.92. The third-order valence-electron chi connectivity index (χ3n) is 3.55. The molecule has 3 rings (SSSR count). The SMILES string of the molecule is Cc1csc(C2C=CC(c3ccc(S(N)(=O)=O)c(F)c3)=CC2=S)n1. The first-order chi connectivity index (χ1) is 11.3. The van der Waals surface area contributed by atoms with Gasteiger partial charge in [-0.25, -0.2) is 22.9 Å². The Kier molecular flexibility index (Phi) is 4.48. The van der Waals surface area contributed by atoms with E-state index >= 15 is 0 Å². The van der Waals surface area contributed by atoms with E-state index in [0.29, 0.717) is 16.0 Å². The van der Waals surface area contributed by atoms with Crippen LogP contribution in [-0.2, 0) is 10.0 Å². The molecule has 1 aliphatic carbocycles. The largest absolute Gasteiger partial charge is 0.246 e. The van der Waals surface area contributed by atoms with E-state index in [9.17, 15) is 12.8 Å². The van der Waals surface area contributed by atoms with Gasteiger partial charge in [-0.2, -0.15) is 0 Å². The van der Waals surface area contributed by atoms with Crippen molar-refractivity contribution in [1.82, 2.24) is 4.98 Å². The van der Waals surface area contributed by atoms with Crippen molar-refractivity contribution in [2.75, 3.05) is 0 Å². The molecule has 8 heteroatoms. The Hall–Kier alpha value is -1.74. The van der Waals surface area contributed by atoms with Crippen molar-refractivity contribution in [3.63, 3.8) is 0 Å². The Morgan fingerprint density at radius 1 is 1.38 bits per heavy atom. The zero-order valence-corrected chi connectivity index (χ0v) is 15.0. The van der Waals surface area contributed by atoms with Gasteiger partial charge in [0.1, 0.15) is 15.7 Å². The molecule has 0 spiro atoms. The number of halogens is 1. The fourth-order valence-corrected chi connectivity index (χ4v) is 4.27. The highest BCUT2D eigenvalue weighted by atomic mass is 32.2. The van der Waals surface area contributed by atoms with E-state index in [1.807, 2.05) is 24.5 Å². The number of thiazole rings is 1. The maximum atomic E-state index is 14.0. The van der Waals surface area contributed by atoms with Gasteiger partial charge in [0.15, 0.2) is 0 Å². The van der Waals surface area contributed by atoms with Crippen molar-refractivity contribution in [2.45, 2.75) is 17.7 Å². The van der Waals surface area contributed by atoms with Crippen LogP contribution in [0, 0.1) is 12.7 Å². The number of hydrogen-bond donors (Lipinski definition) is 1. The van der Waals surface area contributed by atoms with Crippen LogP contribution < -0.4 is 5.14 Å². The fraction of sp³-hybridized carbons (Fsp3) is 0.125. The molecular formula is C16H13FN2O2S3. The second-order valence-corrected chi connectivity index (χ2v) is 8.25. The number of nitrogens with zero attached hydrogens (tertiary/aromatic N) is 1. The maximum absolute atomic E-state index is 14.0. The van der Waals surface area contributed by atoms with E-state index in [0.717, 1.165) is 22.8 Å². The van der Waals surface area contributed by atoms with Crippen LogP contribution in [0.5, 0.6) is 0 Å². The van der Waals surface area contributed by atoms with Crippen LogP contribution in [0.3, 0.4) is 0 Å². The summed E-state index contributed by atoms with van der Waals surface area (Å²) >= 11 is 6.99. The third kappa shape index (κ3) is 3.36. The van der Waals surface area contributed by atoms with Crippen LogP contribution in [0.15, 0.2) is 46.7 Å². The number of benzene rings is 1. The molecule has 2 aromatic rings. The molecule has 24 heavy (non-hydrogen) atoms. The number of thiocarbonyl (C=S) groups is 1. The predicted molar refractivity (Wildman–Crippen MR) is 97.1 cm³/mol. The van der Waals surface area contributed by atoms with E-state index in [2.05, 4.69) is 4.98 Å². The standard InChI is InChI=1S/C16H13FN2O2S3/c1-9-8-23-16(19-9)12-4-2-11(7-14(12)22)10-3-5-15(13(17)6-10)24(18,20)21/h2-8,12H,1H3,(H2,18,20,21). The molecule has 2 N–H and O–H groups in total. The molecule has 1 aromatic carbocycles. The normalized spacial score (nSPS) is 17.9. The summed E-state index contributed by atoms with van der Waals surface area (Å²) in [5.41, 5.74) is 2.19. The lowest BCUT2D eigenvalue weighted by atomic mass is 9.93. The third-order valence-corrected chi connectivity index (χ3v) is 5.91. The van der Waals surface area contributed by atoms with Crippen molar-refractivity contribution in [1.29, 1.82) is 0 Å². The first-order valence-electron chi connectivity index (χ1n) is 6.94. The lowest BCUT2D eigenvalue weighted by Crippen LogP contribution is -2.14. The summed E-state index contributed by atoms with van der Waals surface area (Å²) < 4.78 is 36.5. The Balaban J connectivity index is 1.91. The summed E-state index contributed by atoms with van der Waals surface area (Å²) in [6.45, 7) is 1.92. The molecule has 0 bridgehead atoms. The van der Waals surface area contributed by atoms with E-state index in [1.54, 1.807) is 17.4 Å². The first kappa shape index (κ1) is 17.1. The maximum Gasteiger partial charge on any atom is 0.240 e. The van der Waals surface area contributed by atoms with Crippen LogP contribution in [0.2, 0.25) is 0 Å². The van der Waals surface area contributed by atoms with Gasteiger partial charge in [-0.3, -0.25) is 0 Å². The van der Waals surface area contributed by atoms with Crippen molar-refractivity contribution >= 4 is 44.0 Å². The minimum atomic E-state index is -4.08. The van der Waals surface area contributed by atoms with Gasteiger partial charge >= 0.3 is 0 Å². The van der Waals surface area contributed by atoms with Crippen LogP contribution in [-0.4, -0.2) is 18.3 Å². The average molecular weight is 380 g/mol. The van der Waals surface area contributed by atoms with Gasteiger partial charge in [-0.1, -0.05) is 30.4 Å². The van der Waals surface area contributed by atoms with E-state index in [4.69, 9.17) is 17.4 Å². The zero-order valence-electron chi connectivity index (χ0n) is 12.6. The quantitative estimate of drug-likeness (QED) is 0.829. The molecule has 0 aliphatic heterocycles. The fourth-order valence-electron chi connectivity index (χ4n) is 2.40. The van der Waals surface area contributed by atoms with Gasteiger partial charge in [0, 0.05) is 15.9 Å². The minimum absolute atomic E-state index is 0.0732. The summed E-state index contributed by atoms with van der Waals surface area (Å²) in [5.74, 6) is -0.955. The number of rotatable bonds is 3. The smallest absolute Gasteiger partial charge is 0.240 e. The van der Waals surface area contributed by atoms with E-state index in [-0.39, 0.29) is 5.92 Å². The molecular weight excluding hydrogens is 367 g/mol.